The van der Waals surface area contributed by atoms with Crippen LogP contribution in [0.3, 0.4) is 0 Å². The van der Waals surface area contributed by atoms with E-state index in [0.29, 0.717) is 6.42 Å². The van der Waals surface area contributed by atoms with E-state index < -0.39 is 61.4 Å². The van der Waals surface area contributed by atoms with Gasteiger partial charge in [0.15, 0.2) is 12.6 Å². The Morgan fingerprint density at radius 3 is 2.34 bits per heavy atom. The molecule has 35 heavy (non-hydrogen) atoms. The summed E-state index contributed by atoms with van der Waals surface area (Å²) in [6.07, 6.45) is -5.21. The SMILES string of the molecule is C[C@H](/C=C/[C@H]1[C@@H](C)C[C@H](O)CC1(C)C)O[C@@H]1O[C@H](CO[C@@H]2OC[C@](O)(CO)[C@H]2O)[C@@H](O)[C@H](O)[C@H]1O. The zero-order valence-electron chi connectivity index (χ0n) is 20.8. The molecule has 0 spiro atoms. The first-order chi connectivity index (χ1) is 16.3. The lowest BCUT2D eigenvalue weighted by atomic mass is 9.63. The van der Waals surface area contributed by atoms with Gasteiger partial charge in [-0.2, -0.15) is 0 Å². The van der Waals surface area contributed by atoms with Crippen LogP contribution in [0.25, 0.3) is 0 Å². The first kappa shape index (κ1) is 28.9. The van der Waals surface area contributed by atoms with Crippen LogP contribution >= 0.6 is 0 Å². The minimum absolute atomic E-state index is 0.0913. The molecule has 0 radical (unpaired) electrons. The molecular weight excluding hydrogens is 464 g/mol. The Morgan fingerprint density at radius 2 is 1.74 bits per heavy atom. The van der Waals surface area contributed by atoms with Gasteiger partial charge in [0.1, 0.15) is 36.1 Å². The molecule has 0 aromatic rings. The van der Waals surface area contributed by atoms with Gasteiger partial charge in [-0.25, -0.2) is 0 Å². The van der Waals surface area contributed by atoms with Crippen molar-refractivity contribution in [2.24, 2.45) is 17.3 Å². The average molecular weight is 507 g/mol. The molecule has 11 nitrogen and oxygen atoms in total. The van der Waals surface area contributed by atoms with Gasteiger partial charge in [0, 0.05) is 0 Å². The molecule has 2 aliphatic heterocycles. The summed E-state index contributed by atoms with van der Waals surface area (Å²) in [4.78, 5) is 0. The smallest absolute Gasteiger partial charge is 0.187 e. The number of hydrogen-bond donors (Lipinski definition) is 7. The van der Waals surface area contributed by atoms with E-state index in [-0.39, 0.29) is 36.6 Å². The van der Waals surface area contributed by atoms with Gasteiger partial charge in [-0.1, -0.05) is 32.9 Å². The summed E-state index contributed by atoms with van der Waals surface area (Å²) >= 11 is 0. The lowest BCUT2D eigenvalue weighted by molar-refractivity contribution is -0.314. The molecule has 0 aromatic heterocycles. The van der Waals surface area contributed by atoms with Gasteiger partial charge in [0.05, 0.1) is 32.0 Å². The van der Waals surface area contributed by atoms with Crippen LogP contribution in [0.5, 0.6) is 0 Å². The van der Waals surface area contributed by atoms with Gasteiger partial charge in [-0.15, -0.1) is 0 Å². The van der Waals surface area contributed by atoms with Crippen molar-refractivity contribution >= 4 is 0 Å². The summed E-state index contributed by atoms with van der Waals surface area (Å²) < 4.78 is 22.1. The quantitative estimate of drug-likeness (QED) is 0.194. The average Bonchev–Trinajstić information content (AvgIpc) is 3.06. The highest BCUT2D eigenvalue weighted by Crippen LogP contribution is 2.44. The Balaban J connectivity index is 1.58. The van der Waals surface area contributed by atoms with Crippen molar-refractivity contribution in [2.75, 3.05) is 19.8 Å². The van der Waals surface area contributed by atoms with E-state index in [0.717, 1.165) is 6.42 Å². The lowest BCUT2D eigenvalue weighted by Gasteiger charge is -2.44. The molecular formula is C24H42O11. The number of aliphatic hydroxyl groups is 7. The van der Waals surface area contributed by atoms with E-state index in [9.17, 15) is 35.7 Å². The number of aliphatic hydroxyl groups excluding tert-OH is 6. The first-order valence-electron chi connectivity index (χ1n) is 12.2. The molecule has 0 amide bonds. The van der Waals surface area contributed by atoms with Crippen LogP contribution in [-0.4, -0.2) is 116 Å². The topological polar surface area (TPSA) is 179 Å². The Hall–Kier alpha value is -0.700. The maximum atomic E-state index is 10.4. The molecule has 0 aromatic carbocycles. The molecule has 204 valence electrons. The van der Waals surface area contributed by atoms with Gasteiger partial charge in [0.2, 0.25) is 0 Å². The molecule has 3 rings (SSSR count). The van der Waals surface area contributed by atoms with Crippen molar-refractivity contribution in [3.05, 3.63) is 12.2 Å². The predicted molar refractivity (Wildman–Crippen MR) is 122 cm³/mol. The van der Waals surface area contributed by atoms with E-state index in [1.807, 2.05) is 6.08 Å². The Labute approximate surface area is 205 Å². The molecule has 7 N–H and O–H groups in total. The van der Waals surface area contributed by atoms with Crippen molar-refractivity contribution in [3.8, 4) is 0 Å². The summed E-state index contributed by atoms with van der Waals surface area (Å²) in [6, 6.07) is 0. The van der Waals surface area contributed by atoms with Gasteiger partial charge in [-0.3, -0.25) is 0 Å². The largest absolute Gasteiger partial charge is 0.393 e. The van der Waals surface area contributed by atoms with Crippen LogP contribution in [-0.2, 0) is 18.9 Å². The summed E-state index contributed by atoms with van der Waals surface area (Å²) in [7, 11) is 0. The Kier molecular flexibility index (Phi) is 9.37. The van der Waals surface area contributed by atoms with Gasteiger partial charge < -0.3 is 54.7 Å². The molecule has 2 heterocycles. The number of hydrogen-bond acceptors (Lipinski definition) is 11. The van der Waals surface area contributed by atoms with Crippen molar-refractivity contribution in [3.63, 3.8) is 0 Å². The van der Waals surface area contributed by atoms with Gasteiger partial charge in [-0.05, 0) is 37.0 Å². The van der Waals surface area contributed by atoms with E-state index in [1.165, 1.54) is 0 Å². The van der Waals surface area contributed by atoms with Crippen molar-refractivity contribution in [1.82, 2.24) is 0 Å². The van der Waals surface area contributed by atoms with Crippen LogP contribution in [0.4, 0.5) is 0 Å². The maximum Gasteiger partial charge on any atom is 0.187 e. The van der Waals surface area contributed by atoms with Gasteiger partial charge in [0.25, 0.3) is 0 Å². The fourth-order valence-electron chi connectivity index (χ4n) is 5.45. The third-order valence-corrected chi connectivity index (χ3v) is 7.53. The summed E-state index contributed by atoms with van der Waals surface area (Å²) in [5.41, 5.74) is -1.95. The molecule has 1 saturated carbocycles. The summed E-state index contributed by atoms with van der Waals surface area (Å²) in [5.74, 6) is 0.502. The summed E-state index contributed by atoms with van der Waals surface area (Å²) in [6.45, 7) is 6.71. The molecule has 3 aliphatic rings. The number of allylic oxidation sites excluding steroid dienone is 1. The van der Waals surface area contributed by atoms with E-state index in [4.69, 9.17) is 18.9 Å². The normalized spacial score (nSPS) is 47.3. The van der Waals surface area contributed by atoms with Crippen LogP contribution in [0.15, 0.2) is 12.2 Å². The molecule has 3 fully saturated rings. The highest BCUT2D eigenvalue weighted by Gasteiger charge is 2.50. The van der Waals surface area contributed by atoms with Crippen molar-refractivity contribution < 1.29 is 54.7 Å². The fraction of sp³-hybridized carbons (Fsp3) is 0.917. The van der Waals surface area contributed by atoms with Crippen LogP contribution in [0, 0.1) is 17.3 Å². The standard InChI is InChI=1S/C24H42O11/c1-12-7-14(26)8-23(3,4)15(12)6-5-13(2)34-21-19(29)18(28)17(27)16(35-21)9-32-22-20(30)24(31,10-25)11-33-22/h5-6,12-22,25-31H,7-11H2,1-4H3/b6-5+/t12-,13+,14-,15-,16+,17+,18-,19+,20-,21+,22+,24+/m0/s1. The highest BCUT2D eigenvalue weighted by molar-refractivity contribution is 5.03. The van der Waals surface area contributed by atoms with Gasteiger partial charge >= 0.3 is 0 Å². The zero-order chi connectivity index (χ0) is 26.1. The Morgan fingerprint density at radius 1 is 1.06 bits per heavy atom. The van der Waals surface area contributed by atoms with E-state index in [2.05, 4.69) is 26.8 Å². The van der Waals surface area contributed by atoms with Crippen molar-refractivity contribution in [1.29, 1.82) is 0 Å². The second-order valence-electron chi connectivity index (χ2n) is 11.0. The molecule has 11 heteroatoms. The molecule has 2 saturated heterocycles. The second-order valence-corrected chi connectivity index (χ2v) is 11.0. The van der Waals surface area contributed by atoms with Crippen molar-refractivity contribution in [2.45, 2.75) is 101 Å². The van der Waals surface area contributed by atoms with Crippen LogP contribution in [0.2, 0.25) is 0 Å². The molecule has 0 unspecified atom stereocenters. The maximum absolute atomic E-state index is 10.4. The Bertz CT molecular complexity index is 718. The van der Waals surface area contributed by atoms with E-state index >= 15 is 0 Å². The predicted octanol–water partition coefficient (Wildman–Crippen LogP) is -1.35. The fourth-order valence-corrected chi connectivity index (χ4v) is 5.45. The second kappa shape index (κ2) is 11.4. The molecule has 12 atom stereocenters. The lowest BCUT2D eigenvalue weighted by Crippen LogP contribution is -2.60. The number of ether oxygens (including phenoxy) is 4. The minimum atomic E-state index is -1.86. The highest BCUT2D eigenvalue weighted by atomic mass is 16.7. The first-order valence-corrected chi connectivity index (χ1v) is 12.2. The van der Waals surface area contributed by atoms with Crippen LogP contribution in [0.1, 0.15) is 40.5 Å². The third kappa shape index (κ3) is 6.42. The monoisotopic (exact) mass is 506 g/mol. The summed E-state index contributed by atoms with van der Waals surface area (Å²) in [5, 5.41) is 70.5. The zero-order valence-corrected chi connectivity index (χ0v) is 20.8. The number of rotatable bonds is 8. The third-order valence-electron chi connectivity index (χ3n) is 7.53. The molecule has 1 aliphatic carbocycles. The minimum Gasteiger partial charge on any atom is -0.393 e. The molecule has 0 bridgehead atoms. The van der Waals surface area contributed by atoms with E-state index in [1.54, 1.807) is 6.92 Å². The van der Waals surface area contributed by atoms with Crippen LogP contribution < -0.4 is 0 Å².